The van der Waals surface area contributed by atoms with Crippen LogP contribution in [0.2, 0.25) is 10.0 Å². The first-order chi connectivity index (χ1) is 9.43. The smallest absolute Gasteiger partial charge is 0.329 e. The Hall–Kier alpha value is -1.59. The molecule has 0 fully saturated rings. The fraction of sp³-hybridized carbons (Fsp3) is 0.308. The van der Waals surface area contributed by atoms with E-state index < -0.39 is 11.8 Å². The predicted molar refractivity (Wildman–Crippen MR) is 80.1 cm³/mol. The molecule has 0 saturated carbocycles. The fourth-order valence-corrected chi connectivity index (χ4v) is 1.51. The highest BCUT2D eigenvalue weighted by atomic mass is 35.5. The van der Waals surface area contributed by atoms with Crippen LogP contribution >= 0.6 is 23.2 Å². The zero-order valence-electron chi connectivity index (χ0n) is 11.1. The first-order valence-electron chi connectivity index (χ1n) is 6.03. The lowest BCUT2D eigenvalue weighted by molar-refractivity contribution is -0.139. The Labute approximate surface area is 127 Å². The van der Waals surface area contributed by atoms with Crippen molar-refractivity contribution in [1.29, 1.82) is 0 Å². The maximum Gasteiger partial charge on any atom is 0.329 e. The molecular weight excluding hydrogens is 301 g/mol. The third-order valence-electron chi connectivity index (χ3n) is 2.52. The summed E-state index contributed by atoms with van der Waals surface area (Å²) < 4.78 is 0. The third kappa shape index (κ3) is 5.19. The Morgan fingerprint density at radius 1 is 1.30 bits per heavy atom. The maximum absolute atomic E-state index is 11.4. The number of amides is 2. The molecule has 0 radical (unpaired) electrons. The monoisotopic (exact) mass is 315 g/mol. The van der Waals surface area contributed by atoms with Crippen molar-refractivity contribution in [1.82, 2.24) is 10.7 Å². The van der Waals surface area contributed by atoms with Crippen molar-refractivity contribution in [2.45, 2.75) is 26.3 Å². The second kappa shape index (κ2) is 7.87. The molecule has 0 aliphatic carbocycles. The van der Waals surface area contributed by atoms with Crippen LogP contribution < -0.4 is 10.7 Å². The van der Waals surface area contributed by atoms with E-state index in [9.17, 15) is 9.59 Å². The van der Waals surface area contributed by atoms with Gasteiger partial charge in [0.05, 0.1) is 16.3 Å². The van der Waals surface area contributed by atoms with Gasteiger partial charge in [0.15, 0.2) is 0 Å². The van der Waals surface area contributed by atoms with Crippen LogP contribution in [0, 0.1) is 0 Å². The molecule has 0 aliphatic rings. The summed E-state index contributed by atoms with van der Waals surface area (Å²) >= 11 is 11.6. The molecule has 0 aliphatic heterocycles. The van der Waals surface area contributed by atoms with Crippen LogP contribution in [-0.2, 0) is 9.59 Å². The molecule has 108 valence electrons. The molecule has 7 heteroatoms. The Bertz CT molecular complexity index is 532. The number of hydrazone groups is 1. The molecule has 0 spiro atoms. The quantitative estimate of drug-likeness (QED) is 0.508. The SMILES string of the molecule is CC[C@@H](C)NC(=O)C(=O)N/N=C\c1ccc(Cl)c(Cl)c1. The van der Waals surface area contributed by atoms with Gasteiger partial charge >= 0.3 is 11.8 Å². The van der Waals surface area contributed by atoms with Crippen molar-refractivity contribution in [3.05, 3.63) is 33.8 Å². The van der Waals surface area contributed by atoms with Crippen LogP contribution in [0.5, 0.6) is 0 Å². The average molecular weight is 316 g/mol. The second-order valence-electron chi connectivity index (χ2n) is 4.16. The summed E-state index contributed by atoms with van der Waals surface area (Å²) in [6, 6.07) is 4.83. The summed E-state index contributed by atoms with van der Waals surface area (Å²) in [5.74, 6) is -1.53. The normalized spacial score (nSPS) is 12.2. The van der Waals surface area contributed by atoms with E-state index in [1.165, 1.54) is 6.21 Å². The molecule has 20 heavy (non-hydrogen) atoms. The van der Waals surface area contributed by atoms with Gasteiger partial charge in [0.25, 0.3) is 0 Å². The second-order valence-corrected chi connectivity index (χ2v) is 4.97. The third-order valence-corrected chi connectivity index (χ3v) is 3.26. The van der Waals surface area contributed by atoms with Gasteiger partial charge in [0.2, 0.25) is 0 Å². The van der Waals surface area contributed by atoms with Gasteiger partial charge in [0.1, 0.15) is 0 Å². The van der Waals surface area contributed by atoms with Gasteiger partial charge in [-0.15, -0.1) is 0 Å². The molecule has 1 atom stereocenters. The number of hydrogen-bond donors (Lipinski definition) is 2. The van der Waals surface area contributed by atoms with Crippen molar-refractivity contribution in [3.8, 4) is 0 Å². The number of hydrogen-bond acceptors (Lipinski definition) is 3. The fourth-order valence-electron chi connectivity index (χ4n) is 1.20. The summed E-state index contributed by atoms with van der Waals surface area (Å²) in [5, 5.41) is 7.03. The molecule has 1 aromatic rings. The number of benzene rings is 1. The summed E-state index contributed by atoms with van der Waals surface area (Å²) in [6.07, 6.45) is 2.11. The van der Waals surface area contributed by atoms with Gasteiger partial charge in [-0.1, -0.05) is 36.2 Å². The molecule has 0 aromatic heterocycles. The van der Waals surface area contributed by atoms with Crippen LogP contribution in [0.4, 0.5) is 0 Å². The molecule has 2 amide bonds. The Morgan fingerprint density at radius 2 is 2.00 bits per heavy atom. The van der Waals surface area contributed by atoms with Gasteiger partial charge in [-0.25, -0.2) is 5.43 Å². The first-order valence-corrected chi connectivity index (χ1v) is 6.78. The number of carbonyl (C=O) groups is 2. The molecule has 5 nitrogen and oxygen atoms in total. The van der Waals surface area contributed by atoms with E-state index in [4.69, 9.17) is 23.2 Å². The van der Waals surface area contributed by atoms with Crippen molar-refractivity contribution >= 4 is 41.2 Å². The molecule has 0 heterocycles. The van der Waals surface area contributed by atoms with Crippen LogP contribution in [0.15, 0.2) is 23.3 Å². The molecule has 2 N–H and O–H groups in total. The van der Waals surface area contributed by atoms with Gasteiger partial charge in [-0.05, 0) is 31.0 Å². The Morgan fingerprint density at radius 3 is 2.60 bits per heavy atom. The highest BCUT2D eigenvalue weighted by molar-refractivity contribution is 6.42. The molecule has 0 saturated heterocycles. The van der Waals surface area contributed by atoms with Crippen molar-refractivity contribution in [2.24, 2.45) is 5.10 Å². The number of nitrogens with one attached hydrogen (secondary N) is 2. The van der Waals surface area contributed by atoms with Gasteiger partial charge in [-0.2, -0.15) is 5.10 Å². The minimum atomic E-state index is -0.818. The average Bonchev–Trinajstić information content (AvgIpc) is 2.42. The molecule has 0 bridgehead atoms. The summed E-state index contributed by atoms with van der Waals surface area (Å²) in [4.78, 5) is 22.8. The lowest BCUT2D eigenvalue weighted by Crippen LogP contribution is -2.41. The Balaban J connectivity index is 2.53. The van der Waals surface area contributed by atoms with Gasteiger partial charge < -0.3 is 5.32 Å². The Kier molecular flexibility index (Phi) is 6.48. The molecular formula is C13H15Cl2N3O2. The van der Waals surface area contributed by atoms with E-state index in [-0.39, 0.29) is 6.04 Å². The lowest BCUT2D eigenvalue weighted by Gasteiger charge is -2.09. The van der Waals surface area contributed by atoms with Crippen LogP contribution in [-0.4, -0.2) is 24.1 Å². The number of nitrogens with zero attached hydrogens (tertiary/aromatic N) is 1. The first kappa shape index (κ1) is 16.5. The van der Waals surface area contributed by atoms with E-state index in [1.54, 1.807) is 18.2 Å². The van der Waals surface area contributed by atoms with Gasteiger partial charge in [0, 0.05) is 6.04 Å². The minimum Gasteiger partial charge on any atom is -0.345 e. The summed E-state index contributed by atoms with van der Waals surface area (Å²) in [6.45, 7) is 3.72. The van der Waals surface area contributed by atoms with E-state index in [0.717, 1.165) is 6.42 Å². The van der Waals surface area contributed by atoms with E-state index in [0.29, 0.717) is 15.6 Å². The topological polar surface area (TPSA) is 70.6 Å². The van der Waals surface area contributed by atoms with Crippen LogP contribution in [0.25, 0.3) is 0 Å². The zero-order valence-corrected chi connectivity index (χ0v) is 12.6. The van der Waals surface area contributed by atoms with Crippen molar-refractivity contribution < 1.29 is 9.59 Å². The zero-order chi connectivity index (χ0) is 15.1. The summed E-state index contributed by atoms with van der Waals surface area (Å²) in [5.41, 5.74) is 2.79. The number of rotatable bonds is 4. The summed E-state index contributed by atoms with van der Waals surface area (Å²) in [7, 11) is 0. The standard InChI is InChI=1S/C13H15Cl2N3O2/c1-3-8(2)17-12(19)13(20)18-16-7-9-4-5-10(14)11(15)6-9/h4-8H,3H2,1-2H3,(H,17,19)(H,18,20)/b16-7-/t8-/m1/s1. The van der Waals surface area contributed by atoms with Crippen LogP contribution in [0.1, 0.15) is 25.8 Å². The molecule has 0 unspecified atom stereocenters. The number of halogens is 2. The van der Waals surface area contributed by atoms with Gasteiger partial charge in [-0.3, -0.25) is 9.59 Å². The highest BCUT2D eigenvalue weighted by Crippen LogP contribution is 2.21. The van der Waals surface area contributed by atoms with E-state index in [1.807, 2.05) is 13.8 Å². The minimum absolute atomic E-state index is 0.0627. The highest BCUT2D eigenvalue weighted by Gasteiger charge is 2.14. The largest absolute Gasteiger partial charge is 0.345 e. The maximum atomic E-state index is 11.4. The van der Waals surface area contributed by atoms with Crippen LogP contribution in [0.3, 0.4) is 0 Å². The van der Waals surface area contributed by atoms with E-state index >= 15 is 0 Å². The molecule has 1 rings (SSSR count). The number of carbonyl (C=O) groups excluding carboxylic acids is 2. The predicted octanol–water partition coefficient (Wildman–Crippen LogP) is 2.36. The van der Waals surface area contributed by atoms with E-state index in [2.05, 4.69) is 15.8 Å². The van der Waals surface area contributed by atoms with Crippen molar-refractivity contribution in [3.63, 3.8) is 0 Å². The lowest BCUT2D eigenvalue weighted by atomic mass is 10.2. The molecule has 1 aromatic carbocycles. The van der Waals surface area contributed by atoms with Crippen molar-refractivity contribution in [2.75, 3.05) is 0 Å².